The second kappa shape index (κ2) is 17.5. The lowest BCUT2D eigenvalue weighted by Gasteiger charge is -2.38. The Balaban J connectivity index is 5.46. The molecule has 0 radical (unpaired) electrons. The zero-order valence-corrected chi connectivity index (χ0v) is 24.9. The molecule has 10 heteroatoms. The van der Waals surface area contributed by atoms with Gasteiger partial charge in [-0.3, -0.25) is 14.4 Å². The van der Waals surface area contributed by atoms with Crippen LogP contribution in [0, 0.1) is 16.7 Å². The Labute approximate surface area is 221 Å². The van der Waals surface area contributed by atoms with Gasteiger partial charge >= 0.3 is 0 Å². The van der Waals surface area contributed by atoms with Gasteiger partial charge in [0.25, 0.3) is 0 Å². The molecule has 3 atom stereocenters. The average molecular weight is 534 g/mol. The minimum Gasteiger partial charge on any atom is -0.356 e. The van der Waals surface area contributed by atoms with Crippen molar-refractivity contribution in [2.45, 2.75) is 73.3 Å². The average Bonchev–Trinajstić information content (AvgIpc) is 2.77. The molecule has 5 N–H and O–H groups in total. The number of nitrogens with one attached hydrogen (secondary N) is 3. The number of nitrogens with zero attached hydrogens (tertiary/aromatic N) is 1. The van der Waals surface area contributed by atoms with Gasteiger partial charge in [0.1, 0.15) is 0 Å². The van der Waals surface area contributed by atoms with Crippen molar-refractivity contribution in [3.05, 3.63) is 0 Å². The third-order valence-electron chi connectivity index (χ3n) is 6.12. The summed E-state index contributed by atoms with van der Waals surface area (Å²) in [4.78, 5) is 41.4. The number of hydrogen-bond donors (Lipinski definition) is 4. The van der Waals surface area contributed by atoms with E-state index in [-0.39, 0.29) is 29.7 Å². The first-order valence-corrected chi connectivity index (χ1v) is 15.3. The molecule has 0 aromatic rings. The van der Waals surface area contributed by atoms with Gasteiger partial charge in [0.2, 0.25) is 17.7 Å². The number of nitrogens with two attached hydrogens (primary N) is 1. The smallest absolute Gasteiger partial charge is 0.225 e. The normalized spacial score (nSPS) is 15.9. The van der Waals surface area contributed by atoms with E-state index in [4.69, 9.17) is 5.73 Å². The summed E-state index contributed by atoms with van der Waals surface area (Å²) in [6.45, 7) is 14.2. The minimum atomic E-state index is -0.861. The second-order valence-corrected chi connectivity index (χ2v) is 13.2. The molecule has 3 amide bonds. The van der Waals surface area contributed by atoms with Crippen LogP contribution in [0.15, 0.2) is 0 Å². The van der Waals surface area contributed by atoms with Crippen LogP contribution in [-0.2, 0) is 14.4 Å². The Hall–Kier alpha value is -0.970. The highest BCUT2D eigenvalue weighted by Crippen LogP contribution is 2.41. The SMILES string of the molecule is CCC(C)(CC(C)(CC(C)C(=O)NC(C)C)C(=O)NCCCN(C)C)C(=O)NCCSSCCN. The van der Waals surface area contributed by atoms with Gasteiger partial charge in [-0.1, -0.05) is 49.3 Å². The van der Waals surface area contributed by atoms with Gasteiger partial charge in [0.15, 0.2) is 0 Å². The van der Waals surface area contributed by atoms with Crippen molar-refractivity contribution in [1.82, 2.24) is 20.9 Å². The molecule has 0 saturated carbocycles. The number of rotatable bonds is 19. The van der Waals surface area contributed by atoms with E-state index in [1.165, 1.54) is 0 Å². The van der Waals surface area contributed by atoms with Crippen molar-refractivity contribution < 1.29 is 14.4 Å². The van der Waals surface area contributed by atoms with Gasteiger partial charge in [-0.2, -0.15) is 0 Å². The van der Waals surface area contributed by atoms with Gasteiger partial charge in [0.05, 0.1) is 0 Å². The molecule has 0 saturated heterocycles. The Morgan fingerprint density at radius 2 is 1.51 bits per heavy atom. The molecule has 8 nitrogen and oxygen atoms in total. The molecule has 0 aliphatic carbocycles. The molecule has 3 unspecified atom stereocenters. The highest BCUT2D eigenvalue weighted by atomic mass is 33.1. The molecule has 35 heavy (non-hydrogen) atoms. The Kier molecular flexibility index (Phi) is 17.0. The maximum absolute atomic E-state index is 13.5. The lowest BCUT2D eigenvalue weighted by atomic mass is 9.67. The van der Waals surface area contributed by atoms with Crippen LogP contribution >= 0.6 is 21.6 Å². The van der Waals surface area contributed by atoms with Crippen molar-refractivity contribution in [2.24, 2.45) is 22.5 Å². The molecule has 0 aliphatic rings. The molecular formula is C25H51N5O3S2. The number of amides is 3. The fourth-order valence-corrected chi connectivity index (χ4v) is 5.83. The summed E-state index contributed by atoms with van der Waals surface area (Å²) in [6.07, 6.45) is 2.18. The molecule has 0 fully saturated rings. The van der Waals surface area contributed by atoms with E-state index in [1.807, 2.05) is 55.6 Å². The van der Waals surface area contributed by atoms with Crippen molar-refractivity contribution in [2.75, 3.05) is 51.8 Å². The van der Waals surface area contributed by atoms with Crippen LogP contribution in [0.2, 0.25) is 0 Å². The van der Waals surface area contributed by atoms with Crippen molar-refractivity contribution in [3.63, 3.8) is 0 Å². The van der Waals surface area contributed by atoms with Crippen LogP contribution in [0.3, 0.4) is 0 Å². The van der Waals surface area contributed by atoms with Crippen LogP contribution in [0.5, 0.6) is 0 Å². The van der Waals surface area contributed by atoms with Crippen molar-refractivity contribution in [3.8, 4) is 0 Å². The first kappa shape index (κ1) is 34.0. The topological polar surface area (TPSA) is 117 Å². The maximum atomic E-state index is 13.5. The molecule has 0 aromatic carbocycles. The summed E-state index contributed by atoms with van der Waals surface area (Å²) in [6, 6.07) is 0.0311. The monoisotopic (exact) mass is 533 g/mol. The summed E-state index contributed by atoms with van der Waals surface area (Å²) in [5, 5.41) is 9.08. The molecule has 0 rings (SSSR count). The van der Waals surface area contributed by atoms with Crippen LogP contribution in [0.1, 0.15) is 67.2 Å². The van der Waals surface area contributed by atoms with Crippen molar-refractivity contribution >= 4 is 39.3 Å². The van der Waals surface area contributed by atoms with E-state index in [1.54, 1.807) is 21.6 Å². The highest BCUT2D eigenvalue weighted by Gasteiger charge is 2.45. The summed E-state index contributed by atoms with van der Waals surface area (Å²) >= 11 is 0. The fraction of sp³-hybridized carbons (Fsp3) is 0.880. The standard InChI is InChI=1S/C25H51N5O3S2/c1-9-24(5,22(32)28-13-16-35-34-15-11-26)18-25(6,17-20(4)21(31)29-19(2)3)23(33)27-12-10-14-30(7)8/h19-20H,9-18,26H2,1-8H3,(H,27,33)(H,28,32)(H,29,31). The van der Waals surface area contributed by atoms with E-state index in [2.05, 4.69) is 20.9 Å². The van der Waals surface area contributed by atoms with Crippen LogP contribution in [0.25, 0.3) is 0 Å². The van der Waals surface area contributed by atoms with Gasteiger partial charge in [-0.05, 0) is 60.2 Å². The maximum Gasteiger partial charge on any atom is 0.225 e. The molecule has 0 spiro atoms. The van der Waals surface area contributed by atoms with Crippen LogP contribution < -0.4 is 21.7 Å². The Bertz CT molecular complexity index is 651. The summed E-state index contributed by atoms with van der Waals surface area (Å²) in [7, 11) is 7.40. The second-order valence-electron chi connectivity index (χ2n) is 10.5. The summed E-state index contributed by atoms with van der Waals surface area (Å²) < 4.78 is 0. The van der Waals surface area contributed by atoms with Gasteiger partial charge in [-0.25, -0.2) is 0 Å². The van der Waals surface area contributed by atoms with Crippen LogP contribution in [-0.4, -0.2) is 80.4 Å². The number of hydrogen-bond acceptors (Lipinski definition) is 7. The predicted molar refractivity (Wildman–Crippen MR) is 151 cm³/mol. The third kappa shape index (κ3) is 13.8. The van der Waals surface area contributed by atoms with Crippen molar-refractivity contribution in [1.29, 1.82) is 0 Å². The first-order chi connectivity index (χ1) is 16.3. The zero-order chi connectivity index (χ0) is 27.1. The van der Waals surface area contributed by atoms with E-state index in [0.29, 0.717) is 38.9 Å². The Morgan fingerprint density at radius 3 is 2.06 bits per heavy atom. The Morgan fingerprint density at radius 1 is 0.943 bits per heavy atom. The quantitative estimate of drug-likeness (QED) is 0.149. The summed E-state index contributed by atoms with van der Waals surface area (Å²) in [5.74, 6) is 1.12. The van der Waals surface area contributed by atoms with E-state index in [9.17, 15) is 14.4 Å². The zero-order valence-electron chi connectivity index (χ0n) is 23.3. The molecule has 206 valence electrons. The molecule has 0 heterocycles. The highest BCUT2D eigenvalue weighted by molar-refractivity contribution is 8.76. The lowest BCUT2D eigenvalue weighted by Crippen LogP contribution is -2.49. The van der Waals surface area contributed by atoms with E-state index in [0.717, 1.165) is 24.5 Å². The lowest BCUT2D eigenvalue weighted by molar-refractivity contribution is -0.139. The fourth-order valence-electron chi connectivity index (χ4n) is 4.06. The molecule has 0 aliphatic heterocycles. The molecular weight excluding hydrogens is 482 g/mol. The van der Waals surface area contributed by atoms with E-state index < -0.39 is 10.8 Å². The minimum absolute atomic E-state index is 0.0311. The largest absolute Gasteiger partial charge is 0.356 e. The first-order valence-electron chi connectivity index (χ1n) is 12.8. The molecule has 0 bridgehead atoms. The summed E-state index contributed by atoms with van der Waals surface area (Å²) in [5.41, 5.74) is 3.93. The van der Waals surface area contributed by atoms with Gasteiger partial charge in [-0.15, -0.1) is 0 Å². The number of carbonyl (C=O) groups is 3. The molecule has 0 aromatic heterocycles. The van der Waals surface area contributed by atoms with Crippen LogP contribution in [0.4, 0.5) is 0 Å². The van der Waals surface area contributed by atoms with Gasteiger partial charge < -0.3 is 26.6 Å². The van der Waals surface area contributed by atoms with E-state index >= 15 is 0 Å². The predicted octanol–water partition coefficient (Wildman–Crippen LogP) is 2.87. The third-order valence-corrected chi connectivity index (χ3v) is 8.56. The number of carbonyl (C=O) groups excluding carboxylic acids is 3. The van der Waals surface area contributed by atoms with Gasteiger partial charge in [0, 0.05) is 53.9 Å².